The fraction of sp³-hybridized carbons (Fsp3) is 0.529. The van der Waals surface area contributed by atoms with Crippen LogP contribution in [0, 0.1) is 5.82 Å². The molecule has 2 aliphatic rings. The van der Waals surface area contributed by atoms with Gasteiger partial charge in [-0.25, -0.2) is 4.39 Å². The van der Waals surface area contributed by atoms with Crippen LogP contribution in [0.5, 0.6) is 5.75 Å². The standard InChI is InChI=1S/C17H21FN2O5/c1-23-6-5-20-13-8-19(9-15(13)25-10-16(20)21)17(22)12-7-11(18)3-4-14(12)24-2/h3-4,7,13,15H,5-6,8-10H2,1-2H3/t13-,15-/m0/s1. The Morgan fingerprint density at radius 2 is 2.16 bits per heavy atom. The predicted molar refractivity (Wildman–Crippen MR) is 86.0 cm³/mol. The van der Waals surface area contributed by atoms with E-state index in [1.165, 1.54) is 19.2 Å². The molecule has 0 bridgehead atoms. The summed E-state index contributed by atoms with van der Waals surface area (Å²) in [6.45, 7) is 1.54. The maximum Gasteiger partial charge on any atom is 0.257 e. The molecule has 136 valence electrons. The van der Waals surface area contributed by atoms with Crippen LogP contribution in [-0.4, -0.2) is 80.8 Å². The van der Waals surface area contributed by atoms with Gasteiger partial charge in [0, 0.05) is 26.7 Å². The Kier molecular flexibility index (Phi) is 5.19. The van der Waals surface area contributed by atoms with E-state index in [1.54, 1.807) is 16.9 Å². The molecule has 0 aromatic heterocycles. The van der Waals surface area contributed by atoms with Crippen molar-refractivity contribution in [2.24, 2.45) is 0 Å². The molecule has 0 N–H and O–H groups in total. The van der Waals surface area contributed by atoms with Crippen LogP contribution in [-0.2, 0) is 14.3 Å². The lowest BCUT2D eigenvalue weighted by Gasteiger charge is -2.36. The number of ether oxygens (including phenoxy) is 3. The van der Waals surface area contributed by atoms with Crippen LogP contribution in [0.15, 0.2) is 18.2 Å². The number of nitrogens with zero attached hydrogens (tertiary/aromatic N) is 2. The monoisotopic (exact) mass is 352 g/mol. The molecule has 8 heteroatoms. The molecular weight excluding hydrogens is 331 g/mol. The number of halogens is 1. The van der Waals surface area contributed by atoms with Crippen LogP contribution in [0.4, 0.5) is 4.39 Å². The molecular formula is C17H21FN2O5. The normalized spacial score (nSPS) is 22.9. The maximum absolute atomic E-state index is 13.6. The minimum Gasteiger partial charge on any atom is -0.496 e. The molecule has 2 amide bonds. The van der Waals surface area contributed by atoms with Gasteiger partial charge in [-0.05, 0) is 18.2 Å². The van der Waals surface area contributed by atoms with Gasteiger partial charge in [0.25, 0.3) is 5.91 Å². The van der Waals surface area contributed by atoms with Crippen molar-refractivity contribution in [3.63, 3.8) is 0 Å². The number of morpholine rings is 1. The quantitative estimate of drug-likeness (QED) is 0.773. The van der Waals surface area contributed by atoms with Gasteiger partial charge in [0.2, 0.25) is 5.91 Å². The number of rotatable bonds is 5. The van der Waals surface area contributed by atoms with E-state index in [9.17, 15) is 14.0 Å². The lowest BCUT2D eigenvalue weighted by Crippen LogP contribution is -2.54. The van der Waals surface area contributed by atoms with Crippen molar-refractivity contribution >= 4 is 11.8 Å². The van der Waals surface area contributed by atoms with Gasteiger partial charge < -0.3 is 24.0 Å². The highest BCUT2D eigenvalue weighted by Crippen LogP contribution is 2.27. The number of fused-ring (bicyclic) bond motifs is 1. The number of hydrogen-bond donors (Lipinski definition) is 0. The number of methoxy groups -OCH3 is 2. The van der Waals surface area contributed by atoms with E-state index in [2.05, 4.69) is 0 Å². The van der Waals surface area contributed by atoms with Crippen LogP contribution in [0.2, 0.25) is 0 Å². The molecule has 2 heterocycles. The Balaban J connectivity index is 1.78. The molecule has 0 saturated carbocycles. The largest absolute Gasteiger partial charge is 0.496 e. The zero-order chi connectivity index (χ0) is 18.0. The smallest absolute Gasteiger partial charge is 0.257 e. The molecule has 0 unspecified atom stereocenters. The van der Waals surface area contributed by atoms with Crippen molar-refractivity contribution in [3.8, 4) is 5.75 Å². The fourth-order valence-corrected chi connectivity index (χ4v) is 3.33. The van der Waals surface area contributed by atoms with E-state index < -0.39 is 5.82 Å². The van der Waals surface area contributed by atoms with Gasteiger partial charge in [-0.2, -0.15) is 0 Å². The van der Waals surface area contributed by atoms with Gasteiger partial charge >= 0.3 is 0 Å². The zero-order valence-electron chi connectivity index (χ0n) is 14.2. The molecule has 1 aromatic rings. The van der Waals surface area contributed by atoms with Gasteiger partial charge in [0.05, 0.1) is 31.4 Å². The van der Waals surface area contributed by atoms with E-state index in [1.807, 2.05) is 0 Å². The minimum atomic E-state index is -0.506. The second-order valence-electron chi connectivity index (χ2n) is 6.05. The first-order valence-electron chi connectivity index (χ1n) is 8.08. The third-order valence-electron chi connectivity index (χ3n) is 4.59. The highest BCUT2D eigenvalue weighted by atomic mass is 19.1. The van der Waals surface area contributed by atoms with Crippen molar-refractivity contribution in [1.82, 2.24) is 9.80 Å². The summed E-state index contributed by atoms with van der Waals surface area (Å²) < 4.78 is 29.4. The third-order valence-corrected chi connectivity index (χ3v) is 4.59. The molecule has 3 rings (SSSR count). The lowest BCUT2D eigenvalue weighted by molar-refractivity contribution is -0.153. The van der Waals surface area contributed by atoms with Crippen LogP contribution < -0.4 is 4.74 Å². The number of carbonyl (C=O) groups excluding carboxylic acids is 2. The SMILES string of the molecule is COCCN1C(=O)CO[C@H]2CN(C(=O)c3cc(F)ccc3OC)C[C@@H]21. The molecule has 1 aromatic carbocycles. The van der Waals surface area contributed by atoms with Crippen LogP contribution in [0.25, 0.3) is 0 Å². The average molecular weight is 352 g/mol. The van der Waals surface area contributed by atoms with E-state index in [0.717, 1.165) is 6.07 Å². The molecule has 0 radical (unpaired) electrons. The third kappa shape index (κ3) is 3.45. The van der Waals surface area contributed by atoms with Gasteiger partial charge in [-0.15, -0.1) is 0 Å². The summed E-state index contributed by atoms with van der Waals surface area (Å²) in [5.41, 5.74) is 0.163. The number of carbonyl (C=O) groups is 2. The Hall–Kier alpha value is -2.19. The van der Waals surface area contributed by atoms with Crippen molar-refractivity contribution < 1.29 is 28.2 Å². The Morgan fingerprint density at radius 3 is 2.88 bits per heavy atom. The summed E-state index contributed by atoms with van der Waals surface area (Å²) in [5, 5.41) is 0. The van der Waals surface area contributed by atoms with Crippen molar-refractivity contribution in [1.29, 1.82) is 0 Å². The molecule has 2 saturated heterocycles. The Bertz CT molecular complexity index is 668. The fourth-order valence-electron chi connectivity index (χ4n) is 3.33. The van der Waals surface area contributed by atoms with Gasteiger partial charge in [0.15, 0.2) is 0 Å². The van der Waals surface area contributed by atoms with Crippen LogP contribution in [0.1, 0.15) is 10.4 Å². The molecule has 2 aliphatic heterocycles. The van der Waals surface area contributed by atoms with Crippen molar-refractivity contribution in [2.75, 3.05) is 47.1 Å². The van der Waals surface area contributed by atoms with E-state index in [4.69, 9.17) is 14.2 Å². The predicted octanol–water partition coefficient (Wildman–Crippen LogP) is 0.532. The topological polar surface area (TPSA) is 68.3 Å². The first kappa shape index (κ1) is 17.6. The van der Waals surface area contributed by atoms with Gasteiger partial charge in [-0.3, -0.25) is 9.59 Å². The van der Waals surface area contributed by atoms with E-state index in [0.29, 0.717) is 32.0 Å². The van der Waals surface area contributed by atoms with E-state index >= 15 is 0 Å². The van der Waals surface area contributed by atoms with Gasteiger partial charge in [-0.1, -0.05) is 0 Å². The average Bonchev–Trinajstić information content (AvgIpc) is 3.04. The number of benzene rings is 1. The van der Waals surface area contributed by atoms with Crippen LogP contribution in [0.3, 0.4) is 0 Å². The molecule has 2 atom stereocenters. The van der Waals surface area contributed by atoms with Crippen molar-refractivity contribution in [2.45, 2.75) is 12.1 Å². The molecule has 0 spiro atoms. The second kappa shape index (κ2) is 7.37. The second-order valence-corrected chi connectivity index (χ2v) is 6.05. The Morgan fingerprint density at radius 1 is 1.36 bits per heavy atom. The summed E-state index contributed by atoms with van der Waals surface area (Å²) in [6.07, 6.45) is -0.252. The number of amides is 2. The lowest BCUT2D eigenvalue weighted by atomic mass is 10.1. The summed E-state index contributed by atoms with van der Waals surface area (Å²) in [5.74, 6) is -0.646. The zero-order valence-corrected chi connectivity index (χ0v) is 14.2. The molecule has 2 fully saturated rings. The summed E-state index contributed by atoms with van der Waals surface area (Å²) in [4.78, 5) is 28.2. The number of hydrogen-bond acceptors (Lipinski definition) is 5. The van der Waals surface area contributed by atoms with Crippen LogP contribution >= 0.6 is 0 Å². The minimum absolute atomic E-state index is 0.00377. The van der Waals surface area contributed by atoms with Gasteiger partial charge in [0.1, 0.15) is 18.2 Å². The highest BCUT2D eigenvalue weighted by Gasteiger charge is 2.44. The summed E-state index contributed by atoms with van der Waals surface area (Å²) in [6, 6.07) is 3.61. The highest BCUT2D eigenvalue weighted by molar-refractivity contribution is 5.97. The molecule has 7 nitrogen and oxygen atoms in total. The first-order chi connectivity index (χ1) is 12.0. The maximum atomic E-state index is 13.6. The number of likely N-dealkylation sites (tertiary alicyclic amines) is 1. The molecule has 0 aliphatic carbocycles. The molecule has 25 heavy (non-hydrogen) atoms. The van der Waals surface area contributed by atoms with Crippen molar-refractivity contribution in [3.05, 3.63) is 29.6 Å². The summed E-state index contributed by atoms with van der Waals surface area (Å²) >= 11 is 0. The first-order valence-corrected chi connectivity index (χ1v) is 8.08. The summed E-state index contributed by atoms with van der Waals surface area (Å²) in [7, 11) is 3.01. The van der Waals surface area contributed by atoms with E-state index in [-0.39, 0.29) is 36.1 Å². The Labute approximate surface area is 145 Å².